The van der Waals surface area contributed by atoms with Crippen molar-refractivity contribution in [2.24, 2.45) is 0 Å². The Morgan fingerprint density at radius 3 is 2.81 bits per heavy atom. The molecule has 0 aromatic carbocycles. The van der Waals surface area contributed by atoms with Crippen LogP contribution in [-0.4, -0.2) is 10.5 Å². The van der Waals surface area contributed by atoms with E-state index in [2.05, 4.69) is 27.8 Å². The van der Waals surface area contributed by atoms with E-state index in [1.807, 2.05) is 0 Å². The minimum absolute atomic E-state index is 0.164. The molecule has 1 atom stereocenters. The first-order chi connectivity index (χ1) is 7.40. The highest BCUT2D eigenvalue weighted by atomic mass is 79.9. The van der Waals surface area contributed by atoms with Gasteiger partial charge in [0.15, 0.2) is 0 Å². The predicted molar refractivity (Wildman–Crippen MR) is 64.7 cm³/mol. The Kier molecular flexibility index (Phi) is 2.47. The van der Waals surface area contributed by atoms with Crippen LogP contribution in [0.5, 0.6) is 0 Å². The van der Waals surface area contributed by atoms with Crippen molar-refractivity contribution in [2.45, 2.75) is 12.6 Å². The van der Waals surface area contributed by atoms with Gasteiger partial charge < -0.3 is 5.32 Å². The van der Waals surface area contributed by atoms with E-state index in [-0.39, 0.29) is 22.2 Å². The number of carbonyl (C=O) groups excluding carboxylic acids is 1. The largest absolute Gasteiger partial charge is 0.324 e. The third-order valence-electron chi connectivity index (χ3n) is 2.55. The van der Waals surface area contributed by atoms with Crippen molar-refractivity contribution in [1.29, 1.82) is 0 Å². The van der Waals surface area contributed by atoms with Crippen LogP contribution in [0, 0.1) is 0 Å². The molecular weight excluding hydrogens is 295 g/mol. The molecule has 1 amide bonds. The van der Waals surface area contributed by atoms with Crippen molar-refractivity contribution < 1.29 is 4.79 Å². The average Bonchev–Trinajstić information content (AvgIpc) is 2.48. The predicted octanol–water partition coefficient (Wildman–Crippen LogP) is 1.87. The van der Waals surface area contributed by atoms with Crippen molar-refractivity contribution in [2.75, 3.05) is 0 Å². The van der Waals surface area contributed by atoms with Gasteiger partial charge in [0.05, 0.1) is 9.50 Å². The molecule has 0 saturated heterocycles. The number of fused-ring (bicyclic) bond motifs is 1. The summed E-state index contributed by atoms with van der Waals surface area (Å²) in [6, 6.07) is 1.42. The Hall–Kier alpha value is -1.07. The minimum atomic E-state index is -0.934. The third-order valence-corrected chi connectivity index (χ3v) is 3.41. The molecule has 1 aromatic rings. The maximum atomic E-state index is 12.0. The van der Waals surface area contributed by atoms with Crippen molar-refractivity contribution in [3.05, 3.63) is 44.3 Å². The van der Waals surface area contributed by atoms with E-state index >= 15 is 0 Å². The Morgan fingerprint density at radius 2 is 2.25 bits per heavy atom. The summed E-state index contributed by atoms with van der Waals surface area (Å²) in [5, 5.41) is 2.89. The highest BCUT2D eigenvalue weighted by molar-refractivity contribution is 9.10. The number of halogens is 2. The Labute approximate surface area is 105 Å². The summed E-state index contributed by atoms with van der Waals surface area (Å²) >= 11 is 9.05. The number of rotatable bonds is 1. The molecule has 16 heavy (non-hydrogen) atoms. The number of amides is 1. The highest BCUT2D eigenvalue weighted by Crippen LogP contribution is 2.28. The van der Waals surface area contributed by atoms with Crippen LogP contribution < -0.4 is 10.9 Å². The molecule has 0 saturated carbocycles. The van der Waals surface area contributed by atoms with Crippen molar-refractivity contribution in [3.63, 3.8) is 0 Å². The molecular formula is C10H8BrClN2O2. The Bertz CT molecular complexity index is 567. The van der Waals surface area contributed by atoms with Crippen LogP contribution in [0.25, 0.3) is 0 Å². The highest BCUT2D eigenvalue weighted by Gasteiger charge is 2.39. The lowest BCUT2D eigenvalue weighted by atomic mass is 10.2. The van der Waals surface area contributed by atoms with E-state index in [9.17, 15) is 9.59 Å². The lowest BCUT2D eigenvalue weighted by molar-refractivity contribution is 0.0944. The van der Waals surface area contributed by atoms with Gasteiger partial charge >= 0.3 is 0 Å². The van der Waals surface area contributed by atoms with Crippen molar-refractivity contribution in [3.8, 4) is 0 Å². The van der Waals surface area contributed by atoms with Gasteiger partial charge in [0.2, 0.25) is 0 Å². The number of carbonyl (C=O) groups is 1. The second kappa shape index (κ2) is 3.46. The van der Waals surface area contributed by atoms with Gasteiger partial charge in [0.1, 0.15) is 11.4 Å². The van der Waals surface area contributed by atoms with Crippen LogP contribution in [0.3, 0.4) is 0 Å². The van der Waals surface area contributed by atoms with Gasteiger partial charge in [0.25, 0.3) is 11.5 Å². The summed E-state index contributed by atoms with van der Waals surface area (Å²) in [6.45, 7) is 5.29. The molecule has 6 heteroatoms. The van der Waals surface area contributed by atoms with E-state index in [0.29, 0.717) is 4.47 Å². The van der Waals surface area contributed by atoms with Gasteiger partial charge in [-0.3, -0.25) is 14.2 Å². The zero-order valence-corrected chi connectivity index (χ0v) is 10.7. The number of nitrogens with zero attached hydrogens (tertiary/aromatic N) is 1. The van der Waals surface area contributed by atoms with Crippen LogP contribution in [0.1, 0.15) is 17.4 Å². The van der Waals surface area contributed by atoms with Crippen molar-refractivity contribution >= 4 is 33.4 Å². The first-order valence-corrected chi connectivity index (χ1v) is 5.65. The summed E-state index contributed by atoms with van der Waals surface area (Å²) in [4.78, 5) is 23.7. The molecule has 4 nitrogen and oxygen atoms in total. The topological polar surface area (TPSA) is 51.1 Å². The SMILES string of the molecule is C=CC1(C)NC(=O)c2c(Cl)cc(Br)c(=O)n21. The monoisotopic (exact) mass is 302 g/mol. The molecule has 0 bridgehead atoms. The van der Waals surface area contributed by atoms with Crippen LogP contribution in [0.4, 0.5) is 0 Å². The minimum Gasteiger partial charge on any atom is -0.324 e. The molecule has 0 fully saturated rings. The quantitative estimate of drug-likeness (QED) is 0.805. The summed E-state index contributed by atoms with van der Waals surface area (Å²) in [5.41, 5.74) is -1.09. The number of pyridine rings is 1. The van der Waals surface area contributed by atoms with E-state index in [1.165, 1.54) is 16.7 Å². The molecule has 84 valence electrons. The molecule has 0 spiro atoms. The van der Waals surface area contributed by atoms with Gasteiger partial charge in [0, 0.05) is 0 Å². The lowest BCUT2D eigenvalue weighted by Gasteiger charge is -2.22. The van der Waals surface area contributed by atoms with Crippen molar-refractivity contribution in [1.82, 2.24) is 9.88 Å². The van der Waals surface area contributed by atoms with Crippen LogP contribution in [0.15, 0.2) is 28.0 Å². The fourth-order valence-corrected chi connectivity index (χ4v) is 2.51. The van der Waals surface area contributed by atoms with Crippen LogP contribution in [-0.2, 0) is 5.66 Å². The van der Waals surface area contributed by atoms with E-state index in [0.717, 1.165) is 0 Å². The zero-order chi connectivity index (χ0) is 12.1. The van der Waals surface area contributed by atoms with Gasteiger partial charge in [-0.25, -0.2) is 0 Å². The van der Waals surface area contributed by atoms with Gasteiger partial charge in [-0.15, -0.1) is 0 Å². The van der Waals surface area contributed by atoms with Crippen LogP contribution in [0.2, 0.25) is 5.02 Å². The Balaban J connectivity index is 2.92. The first kappa shape index (κ1) is 11.4. The zero-order valence-electron chi connectivity index (χ0n) is 8.38. The molecule has 1 N–H and O–H groups in total. The molecule has 2 heterocycles. The number of hydrogen-bond donors (Lipinski definition) is 1. The maximum absolute atomic E-state index is 12.0. The second-order valence-corrected chi connectivity index (χ2v) is 4.90. The fraction of sp³-hybridized carbons (Fsp3) is 0.200. The van der Waals surface area contributed by atoms with E-state index in [4.69, 9.17) is 11.6 Å². The number of hydrogen-bond acceptors (Lipinski definition) is 2. The summed E-state index contributed by atoms with van der Waals surface area (Å²) in [7, 11) is 0. The molecule has 1 aliphatic heterocycles. The normalized spacial score (nSPS) is 22.8. The standard InChI is InChI=1S/C10H8BrClN2O2/c1-3-10(2)13-8(15)7-6(12)4-5(11)9(16)14(7)10/h3-4H,1H2,2H3,(H,13,15). The van der Waals surface area contributed by atoms with E-state index in [1.54, 1.807) is 6.92 Å². The number of aromatic nitrogens is 1. The van der Waals surface area contributed by atoms with E-state index < -0.39 is 5.66 Å². The molecule has 1 aliphatic rings. The molecule has 0 aliphatic carbocycles. The average molecular weight is 304 g/mol. The maximum Gasteiger partial charge on any atom is 0.271 e. The summed E-state index contributed by atoms with van der Waals surface area (Å²) in [5.74, 6) is -0.378. The number of nitrogens with one attached hydrogen (secondary N) is 1. The lowest BCUT2D eigenvalue weighted by Crippen LogP contribution is -2.43. The smallest absolute Gasteiger partial charge is 0.271 e. The summed E-state index contributed by atoms with van der Waals surface area (Å²) in [6.07, 6.45) is 1.49. The third kappa shape index (κ3) is 1.35. The fourth-order valence-electron chi connectivity index (χ4n) is 1.70. The second-order valence-electron chi connectivity index (χ2n) is 3.64. The molecule has 2 rings (SSSR count). The molecule has 1 aromatic heterocycles. The molecule has 0 radical (unpaired) electrons. The van der Waals surface area contributed by atoms with Gasteiger partial charge in [-0.2, -0.15) is 0 Å². The van der Waals surface area contributed by atoms with Gasteiger partial charge in [-0.1, -0.05) is 18.2 Å². The van der Waals surface area contributed by atoms with Gasteiger partial charge in [-0.05, 0) is 35.0 Å². The van der Waals surface area contributed by atoms with Crippen LogP contribution >= 0.6 is 27.5 Å². The summed E-state index contributed by atoms with van der Waals surface area (Å²) < 4.78 is 1.61. The Morgan fingerprint density at radius 1 is 1.62 bits per heavy atom. The molecule has 1 unspecified atom stereocenters. The first-order valence-electron chi connectivity index (χ1n) is 4.48.